The molecule has 2 rings (SSSR count). The summed E-state index contributed by atoms with van der Waals surface area (Å²) in [5.74, 6) is 1.60. The lowest BCUT2D eigenvalue weighted by Crippen LogP contribution is -2.15. The van der Waals surface area contributed by atoms with Gasteiger partial charge in [-0.25, -0.2) is 4.98 Å². The molecular weight excluding hydrogens is 308 g/mol. The average Bonchev–Trinajstić information content (AvgIpc) is 2.36. The van der Waals surface area contributed by atoms with Gasteiger partial charge in [-0.2, -0.15) is 0 Å². The third-order valence-corrected chi connectivity index (χ3v) is 4.54. The molecule has 0 fully saturated rings. The molecular formula is C15H17ClN2S2. The van der Waals surface area contributed by atoms with Crippen LogP contribution in [0, 0.1) is 4.64 Å². The highest BCUT2D eigenvalue weighted by Gasteiger charge is 2.15. The number of thioether (sulfide) groups is 1. The molecule has 5 heteroatoms. The normalized spacial score (nSPS) is 11.6. The van der Waals surface area contributed by atoms with Crippen molar-refractivity contribution in [3.63, 3.8) is 0 Å². The van der Waals surface area contributed by atoms with Crippen LogP contribution in [-0.2, 0) is 11.2 Å². The first-order valence-electron chi connectivity index (χ1n) is 6.34. The second-order valence-corrected chi connectivity index (χ2v) is 7.39. The lowest BCUT2D eigenvalue weighted by Gasteiger charge is -2.19. The van der Waals surface area contributed by atoms with E-state index in [0.717, 1.165) is 27.2 Å². The molecule has 0 aliphatic rings. The Morgan fingerprint density at radius 1 is 1.30 bits per heavy atom. The maximum absolute atomic E-state index is 6.15. The van der Waals surface area contributed by atoms with E-state index >= 15 is 0 Å². The lowest BCUT2D eigenvalue weighted by molar-refractivity contribution is 0.563. The Kier molecular flexibility index (Phi) is 4.89. The number of benzene rings is 1. The van der Waals surface area contributed by atoms with Crippen molar-refractivity contribution in [2.24, 2.45) is 0 Å². The van der Waals surface area contributed by atoms with Crippen molar-refractivity contribution >= 4 is 35.6 Å². The SMILES string of the molecule is CC(C)(C)c1cc(=S)nc(CSc2ccccc2Cl)[nH]1. The Morgan fingerprint density at radius 3 is 2.65 bits per heavy atom. The van der Waals surface area contributed by atoms with Gasteiger partial charge in [-0.15, -0.1) is 11.8 Å². The molecule has 1 aromatic carbocycles. The first kappa shape index (κ1) is 15.5. The van der Waals surface area contributed by atoms with E-state index in [2.05, 4.69) is 30.7 Å². The molecule has 0 saturated carbocycles. The van der Waals surface area contributed by atoms with Gasteiger partial charge in [-0.3, -0.25) is 0 Å². The number of aromatic amines is 1. The molecule has 106 valence electrons. The van der Waals surface area contributed by atoms with Gasteiger partial charge < -0.3 is 4.98 Å². The van der Waals surface area contributed by atoms with Crippen molar-refractivity contribution in [3.8, 4) is 0 Å². The minimum atomic E-state index is 0.0281. The van der Waals surface area contributed by atoms with Gasteiger partial charge in [0.25, 0.3) is 0 Å². The van der Waals surface area contributed by atoms with Gasteiger partial charge in [-0.1, -0.05) is 56.7 Å². The van der Waals surface area contributed by atoms with Gasteiger partial charge in [-0.05, 0) is 18.2 Å². The molecule has 1 N–H and O–H groups in total. The van der Waals surface area contributed by atoms with Crippen molar-refractivity contribution in [3.05, 3.63) is 51.5 Å². The molecule has 1 aromatic heterocycles. The maximum atomic E-state index is 6.15. The molecule has 2 aromatic rings. The van der Waals surface area contributed by atoms with Crippen LogP contribution in [0.1, 0.15) is 32.3 Å². The van der Waals surface area contributed by atoms with E-state index in [4.69, 9.17) is 23.8 Å². The fraction of sp³-hybridized carbons (Fsp3) is 0.333. The average molecular weight is 325 g/mol. The van der Waals surface area contributed by atoms with E-state index in [1.165, 1.54) is 0 Å². The van der Waals surface area contributed by atoms with E-state index in [1.54, 1.807) is 11.8 Å². The first-order valence-corrected chi connectivity index (χ1v) is 8.11. The quantitative estimate of drug-likeness (QED) is 0.606. The van der Waals surface area contributed by atoms with Gasteiger partial charge in [0, 0.05) is 16.0 Å². The summed E-state index contributed by atoms with van der Waals surface area (Å²) in [7, 11) is 0. The van der Waals surface area contributed by atoms with Crippen molar-refractivity contribution in [2.45, 2.75) is 36.8 Å². The molecule has 0 bridgehead atoms. The summed E-state index contributed by atoms with van der Waals surface area (Å²) in [6.07, 6.45) is 0. The van der Waals surface area contributed by atoms with Gasteiger partial charge in [0.2, 0.25) is 0 Å². The number of hydrogen-bond acceptors (Lipinski definition) is 3. The van der Waals surface area contributed by atoms with E-state index < -0.39 is 0 Å². The summed E-state index contributed by atoms with van der Waals surface area (Å²) in [5, 5.41) is 0.767. The van der Waals surface area contributed by atoms with Crippen LogP contribution in [0.3, 0.4) is 0 Å². The molecule has 20 heavy (non-hydrogen) atoms. The molecule has 0 spiro atoms. The number of nitrogens with zero attached hydrogens (tertiary/aromatic N) is 1. The highest BCUT2D eigenvalue weighted by atomic mass is 35.5. The topological polar surface area (TPSA) is 28.7 Å². The van der Waals surface area contributed by atoms with Crippen LogP contribution in [0.25, 0.3) is 0 Å². The molecule has 0 amide bonds. The number of halogens is 1. The Bertz CT molecular complexity index is 659. The lowest BCUT2D eigenvalue weighted by atomic mass is 9.92. The Morgan fingerprint density at radius 2 is 2.00 bits per heavy atom. The highest BCUT2D eigenvalue weighted by Crippen LogP contribution is 2.29. The predicted octanol–water partition coefficient (Wildman–Crippen LogP) is 5.38. The van der Waals surface area contributed by atoms with E-state index in [9.17, 15) is 0 Å². The van der Waals surface area contributed by atoms with Crippen molar-refractivity contribution in [1.82, 2.24) is 9.97 Å². The summed E-state index contributed by atoms with van der Waals surface area (Å²) >= 11 is 13.1. The summed E-state index contributed by atoms with van der Waals surface area (Å²) in [6, 6.07) is 9.74. The van der Waals surface area contributed by atoms with E-state index in [-0.39, 0.29) is 5.41 Å². The minimum absolute atomic E-state index is 0.0281. The van der Waals surface area contributed by atoms with Crippen LogP contribution in [0.4, 0.5) is 0 Å². The second-order valence-electron chi connectivity index (χ2n) is 5.55. The predicted molar refractivity (Wildman–Crippen MR) is 89.1 cm³/mol. The second kappa shape index (κ2) is 6.29. The summed E-state index contributed by atoms with van der Waals surface area (Å²) in [5.41, 5.74) is 1.13. The first-order chi connectivity index (χ1) is 9.36. The van der Waals surface area contributed by atoms with Gasteiger partial charge >= 0.3 is 0 Å². The molecule has 1 heterocycles. The number of rotatable bonds is 3. The van der Waals surface area contributed by atoms with Crippen molar-refractivity contribution < 1.29 is 0 Å². The van der Waals surface area contributed by atoms with Gasteiger partial charge in [0.1, 0.15) is 10.5 Å². The minimum Gasteiger partial charge on any atom is -0.346 e. The zero-order valence-electron chi connectivity index (χ0n) is 11.7. The van der Waals surface area contributed by atoms with Crippen LogP contribution in [0.2, 0.25) is 5.02 Å². The third kappa shape index (κ3) is 4.08. The monoisotopic (exact) mass is 324 g/mol. The zero-order chi connectivity index (χ0) is 14.8. The smallest absolute Gasteiger partial charge is 0.130 e. The highest BCUT2D eigenvalue weighted by molar-refractivity contribution is 7.98. The molecule has 0 radical (unpaired) electrons. The van der Waals surface area contributed by atoms with Crippen LogP contribution in [0.5, 0.6) is 0 Å². The van der Waals surface area contributed by atoms with E-state index in [1.807, 2.05) is 30.3 Å². The number of aromatic nitrogens is 2. The summed E-state index contributed by atoms with van der Waals surface area (Å²) in [4.78, 5) is 8.81. The molecule has 0 unspecified atom stereocenters. The fourth-order valence-electron chi connectivity index (χ4n) is 1.69. The molecule has 0 atom stereocenters. The van der Waals surface area contributed by atoms with E-state index in [0.29, 0.717) is 4.64 Å². The Hall–Kier alpha value is -0.840. The Labute approximate surface area is 134 Å². The molecule has 2 nitrogen and oxygen atoms in total. The van der Waals surface area contributed by atoms with Crippen LogP contribution in [-0.4, -0.2) is 9.97 Å². The number of hydrogen-bond donors (Lipinski definition) is 1. The molecule has 0 aliphatic heterocycles. The van der Waals surface area contributed by atoms with Gasteiger partial charge in [0.05, 0.1) is 10.8 Å². The third-order valence-electron chi connectivity index (χ3n) is 2.80. The molecule has 0 aliphatic carbocycles. The largest absolute Gasteiger partial charge is 0.346 e. The number of H-pyrrole nitrogens is 1. The van der Waals surface area contributed by atoms with Crippen molar-refractivity contribution in [2.75, 3.05) is 0 Å². The van der Waals surface area contributed by atoms with Crippen LogP contribution in [0.15, 0.2) is 35.2 Å². The van der Waals surface area contributed by atoms with Crippen molar-refractivity contribution in [1.29, 1.82) is 0 Å². The Balaban J connectivity index is 2.20. The summed E-state index contributed by atoms with van der Waals surface area (Å²) in [6.45, 7) is 6.45. The van der Waals surface area contributed by atoms with Crippen LogP contribution < -0.4 is 0 Å². The maximum Gasteiger partial charge on any atom is 0.130 e. The number of nitrogens with one attached hydrogen (secondary N) is 1. The van der Waals surface area contributed by atoms with Crippen LogP contribution >= 0.6 is 35.6 Å². The summed E-state index contributed by atoms with van der Waals surface area (Å²) < 4.78 is 0.628. The van der Waals surface area contributed by atoms with Gasteiger partial charge in [0.15, 0.2) is 0 Å². The standard InChI is InChI=1S/C15H17ClN2S2/c1-15(2,3)12-8-14(19)18-13(17-12)9-20-11-7-5-4-6-10(11)16/h4-8H,9H2,1-3H3,(H,17,18,19). The zero-order valence-corrected chi connectivity index (χ0v) is 14.1. The fourth-order valence-corrected chi connectivity index (χ4v) is 3.03. The molecule has 0 saturated heterocycles.